The van der Waals surface area contributed by atoms with Crippen LogP contribution in [-0.2, 0) is 65.1 Å². The van der Waals surface area contributed by atoms with Crippen molar-refractivity contribution in [3.63, 3.8) is 0 Å². The summed E-state index contributed by atoms with van der Waals surface area (Å²) >= 11 is 0. The van der Waals surface area contributed by atoms with Gasteiger partial charge in [-0.05, 0) is 0 Å². The van der Waals surface area contributed by atoms with Gasteiger partial charge < -0.3 is 47.7 Å². The average molecular weight is 626 g/mol. The Morgan fingerprint density at radius 2 is 1.05 bits per heavy atom. The molecule has 16 nitrogen and oxygen atoms in total. The Hall–Kier alpha value is 0.0948. The van der Waals surface area contributed by atoms with E-state index in [2.05, 4.69) is 0 Å². The molecule has 6 bridgehead atoms. The SMILES string of the molecule is B[C@@H]1O[C@]2(COP(=O)(O)OC3[C@@H]4OC[C@@]3(COP(=O)(O)OC3[C@@H]5OC[C@@]3(COC)O[C@H]5B)O[C@H]4B)CO[C@H]1C2OC. The molecule has 0 aromatic heterocycles. The van der Waals surface area contributed by atoms with E-state index in [1.165, 1.54) is 14.2 Å². The van der Waals surface area contributed by atoms with Crippen LogP contribution in [0.4, 0.5) is 0 Å². The molecular weight excluding hydrogens is 591 g/mol. The summed E-state index contributed by atoms with van der Waals surface area (Å²) in [6.45, 7) is -0.644. The molecule has 5 unspecified atom stereocenters. The summed E-state index contributed by atoms with van der Waals surface area (Å²) in [6.07, 6.45) is -4.23. The molecule has 6 aliphatic heterocycles. The number of rotatable bonds is 13. The van der Waals surface area contributed by atoms with Gasteiger partial charge in [0.25, 0.3) is 0 Å². The van der Waals surface area contributed by atoms with Crippen LogP contribution in [0.15, 0.2) is 0 Å². The Labute approximate surface area is 239 Å². The maximum atomic E-state index is 13.1. The average Bonchev–Trinajstić information content (AvgIpc) is 3.69. The molecule has 6 aliphatic rings. The van der Waals surface area contributed by atoms with Crippen molar-refractivity contribution in [2.24, 2.45) is 0 Å². The smallest absolute Gasteiger partial charge is 0.381 e. The van der Waals surface area contributed by atoms with E-state index in [0.717, 1.165) is 0 Å². The zero-order chi connectivity index (χ0) is 29.4. The normalized spacial score (nSPS) is 50.9. The molecule has 6 rings (SSSR count). The van der Waals surface area contributed by atoms with E-state index in [1.807, 2.05) is 7.85 Å². The second-order valence-electron chi connectivity index (χ2n) is 11.6. The van der Waals surface area contributed by atoms with Crippen LogP contribution < -0.4 is 0 Å². The fourth-order valence-electron chi connectivity index (χ4n) is 6.99. The third-order valence-electron chi connectivity index (χ3n) is 8.74. The maximum absolute atomic E-state index is 13.1. The van der Waals surface area contributed by atoms with Crippen LogP contribution >= 0.6 is 15.6 Å². The van der Waals surface area contributed by atoms with Gasteiger partial charge in [-0.2, -0.15) is 0 Å². The van der Waals surface area contributed by atoms with Gasteiger partial charge in [-0.15, -0.1) is 0 Å². The zero-order valence-electron chi connectivity index (χ0n) is 23.4. The van der Waals surface area contributed by atoms with Gasteiger partial charge in [0.15, 0.2) is 0 Å². The van der Waals surface area contributed by atoms with Crippen molar-refractivity contribution in [2.45, 2.75) is 71.4 Å². The van der Waals surface area contributed by atoms with Crippen LogP contribution in [0, 0.1) is 0 Å². The van der Waals surface area contributed by atoms with Crippen molar-refractivity contribution in [3.8, 4) is 0 Å². The number of ether oxygens (including phenoxy) is 8. The molecule has 6 fully saturated rings. The van der Waals surface area contributed by atoms with E-state index in [9.17, 15) is 18.9 Å². The summed E-state index contributed by atoms with van der Waals surface area (Å²) in [7, 11) is -1.18. The summed E-state index contributed by atoms with van der Waals surface area (Å²) in [4.78, 5) is 21.4. The highest BCUT2D eigenvalue weighted by molar-refractivity contribution is 7.47. The first-order chi connectivity index (χ1) is 19.3. The van der Waals surface area contributed by atoms with Gasteiger partial charge in [-0.3, -0.25) is 18.1 Å². The molecular formula is C20H35B3O16P2. The fraction of sp³-hybridized carbons (Fsp3) is 1.00. The summed E-state index contributed by atoms with van der Waals surface area (Å²) in [5.41, 5.74) is -3.61. The van der Waals surface area contributed by atoms with Crippen LogP contribution in [-0.4, -0.2) is 159 Å². The third kappa shape index (κ3) is 5.27. The molecule has 0 aliphatic carbocycles. The predicted molar refractivity (Wildman–Crippen MR) is 142 cm³/mol. The summed E-state index contributed by atoms with van der Waals surface area (Å²) in [6, 6.07) is -1.25. The van der Waals surface area contributed by atoms with E-state index in [-0.39, 0.29) is 51.1 Å². The van der Waals surface area contributed by atoms with E-state index in [1.54, 1.807) is 15.7 Å². The van der Waals surface area contributed by atoms with Crippen LogP contribution in [0.25, 0.3) is 0 Å². The minimum Gasteiger partial charge on any atom is -0.381 e. The van der Waals surface area contributed by atoms with Crippen molar-refractivity contribution in [3.05, 3.63) is 0 Å². The first-order valence-electron chi connectivity index (χ1n) is 13.5. The molecule has 2 N–H and O–H groups in total. The van der Waals surface area contributed by atoms with E-state index < -0.39 is 75.6 Å². The fourth-order valence-corrected chi connectivity index (χ4v) is 9.07. The summed E-state index contributed by atoms with van der Waals surface area (Å²) < 4.78 is 93.9. The van der Waals surface area contributed by atoms with Crippen LogP contribution in [0.1, 0.15) is 0 Å². The Morgan fingerprint density at radius 3 is 1.41 bits per heavy atom. The number of hydrogen-bond acceptors (Lipinski definition) is 14. The topological polar surface area (TPSA) is 185 Å². The van der Waals surface area contributed by atoms with E-state index in [0.29, 0.717) is 0 Å². The van der Waals surface area contributed by atoms with Crippen molar-refractivity contribution in [1.82, 2.24) is 0 Å². The van der Waals surface area contributed by atoms with Gasteiger partial charge in [0, 0.05) is 14.2 Å². The number of methoxy groups -OCH3 is 2. The molecule has 0 aromatic rings. The lowest BCUT2D eigenvalue weighted by Gasteiger charge is -2.33. The number of phosphoric ester groups is 2. The Bertz CT molecular complexity index is 1110. The van der Waals surface area contributed by atoms with Crippen molar-refractivity contribution < 1.29 is 74.9 Å². The molecule has 14 atom stereocenters. The molecule has 41 heavy (non-hydrogen) atoms. The lowest BCUT2D eigenvalue weighted by atomic mass is 9.92. The lowest BCUT2D eigenvalue weighted by molar-refractivity contribution is -0.145. The van der Waals surface area contributed by atoms with Gasteiger partial charge in [0.05, 0.1) is 57.7 Å². The molecule has 0 radical (unpaired) electrons. The molecule has 230 valence electrons. The molecule has 21 heteroatoms. The van der Waals surface area contributed by atoms with Gasteiger partial charge in [-0.25, -0.2) is 9.13 Å². The minimum atomic E-state index is -4.73. The second kappa shape index (κ2) is 10.9. The first kappa shape index (κ1) is 31.1. The van der Waals surface area contributed by atoms with Crippen LogP contribution in [0.5, 0.6) is 0 Å². The molecule has 0 saturated carbocycles. The standard InChI is InChI=1S/C20H35B3O16P2/c1-28-3-18-4-31-10(16(22)35-18)13(18)38-41(26,27)34-8-20-6-32-11(17(23)37-20)14(20)39-40(24,25)33-7-19-5-30-9(12(19)29-2)15(21)36-19/h9-17H,3-8,21-23H2,1-2H3,(H,24,25)(H,26,27)/t9-,10-,11-,12?,13?,14?,15+,16+,17+,18+,19-,20-/m0/s1. The van der Waals surface area contributed by atoms with Gasteiger partial charge in [-0.1, -0.05) is 0 Å². The molecule has 0 aromatic carbocycles. The summed E-state index contributed by atoms with van der Waals surface area (Å²) in [5, 5.41) is 0. The lowest BCUT2D eigenvalue weighted by Crippen LogP contribution is -2.47. The Kier molecular flexibility index (Phi) is 8.24. The summed E-state index contributed by atoms with van der Waals surface area (Å²) in [5.74, 6) is 0. The zero-order valence-corrected chi connectivity index (χ0v) is 25.2. The Morgan fingerprint density at radius 1 is 0.683 bits per heavy atom. The monoisotopic (exact) mass is 626 g/mol. The molecule has 0 amide bonds. The maximum Gasteiger partial charge on any atom is 0.472 e. The van der Waals surface area contributed by atoms with E-state index >= 15 is 0 Å². The number of hydrogen-bond donors (Lipinski definition) is 2. The largest absolute Gasteiger partial charge is 0.472 e. The predicted octanol–water partition coefficient (Wildman–Crippen LogP) is -3.97. The number of fused-ring (bicyclic) bond motifs is 6. The minimum absolute atomic E-state index is 0.0867. The van der Waals surface area contributed by atoms with Crippen molar-refractivity contribution in [2.75, 3.05) is 53.9 Å². The van der Waals surface area contributed by atoms with Crippen molar-refractivity contribution >= 4 is 39.2 Å². The highest BCUT2D eigenvalue weighted by Gasteiger charge is 2.66. The molecule has 0 spiro atoms. The second-order valence-corrected chi connectivity index (χ2v) is 14.4. The quantitative estimate of drug-likeness (QED) is 0.149. The highest BCUT2D eigenvalue weighted by Crippen LogP contribution is 2.57. The van der Waals surface area contributed by atoms with Gasteiger partial charge >= 0.3 is 15.6 Å². The van der Waals surface area contributed by atoms with Crippen LogP contribution in [0.2, 0.25) is 0 Å². The molecule has 6 saturated heterocycles. The number of phosphoric acid groups is 2. The van der Waals surface area contributed by atoms with Gasteiger partial charge in [0.1, 0.15) is 77.0 Å². The Balaban J connectivity index is 1.11. The van der Waals surface area contributed by atoms with E-state index in [4.69, 9.17) is 56.0 Å². The highest BCUT2D eigenvalue weighted by atomic mass is 31.2. The van der Waals surface area contributed by atoms with Crippen LogP contribution in [0.3, 0.4) is 0 Å². The van der Waals surface area contributed by atoms with Gasteiger partial charge in [0.2, 0.25) is 0 Å². The third-order valence-corrected chi connectivity index (χ3v) is 10.6. The van der Waals surface area contributed by atoms with Crippen molar-refractivity contribution in [1.29, 1.82) is 0 Å². The first-order valence-corrected chi connectivity index (χ1v) is 16.5. The molecule has 6 heterocycles.